The van der Waals surface area contributed by atoms with Crippen LogP contribution in [0.5, 0.6) is 5.75 Å². The van der Waals surface area contributed by atoms with E-state index in [1.165, 1.54) is 0 Å². The Morgan fingerprint density at radius 1 is 1.03 bits per heavy atom. The molecule has 2 amide bonds. The van der Waals surface area contributed by atoms with Gasteiger partial charge >= 0.3 is 0 Å². The summed E-state index contributed by atoms with van der Waals surface area (Å²) in [4.78, 5) is 26.1. The van der Waals surface area contributed by atoms with Crippen molar-refractivity contribution in [3.63, 3.8) is 0 Å². The maximum absolute atomic E-state index is 12.6. The van der Waals surface area contributed by atoms with E-state index in [1.807, 2.05) is 49.5 Å². The highest BCUT2D eigenvalue weighted by Crippen LogP contribution is 2.20. The molecule has 6 heteroatoms. The van der Waals surface area contributed by atoms with Crippen molar-refractivity contribution in [3.8, 4) is 5.75 Å². The lowest BCUT2D eigenvalue weighted by Crippen LogP contribution is -3.10. The molecule has 0 spiro atoms. The second-order valence-corrected chi connectivity index (χ2v) is 7.59. The van der Waals surface area contributed by atoms with Crippen LogP contribution < -0.4 is 20.3 Å². The number of hydrogen-bond acceptors (Lipinski definition) is 3. The van der Waals surface area contributed by atoms with Gasteiger partial charge < -0.3 is 20.3 Å². The highest BCUT2D eigenvalue weighted by atomic mass is 16.5. The average molecular weight is 397 g/mol. The summed E-state index contributed by atoms with van der Waals surface area (Å²) in [6, 6.07) is 17.0. The van der Waals surface area contributed by atoms with E-state index >= 15 is 0 Å². The van der Waals surface area contributed by atoms with Gasteiger partial charge in [0.1, 0.15) is 18.9 Å². The van der Waals surface area contributed by atoms with E-state index in [-0.39, 0.29) is 17.9 Å². The number of amides is 2. The predicted octanol–water partition coefficient (Wildman–Crippen LogP) is 1.89. The van der Waals surface area contributed by atoms with Crippen LogP contribution in [-0.4, -0.2) is 44.6 Å². The molecule has 0 saturated heterocycles. The highest BCUT2D eigenvalue weighted by Gasteiger charge is 2.20. The van der Waals surface area contributed by atoms with Crippen LogP contribution in [0.25, 0.3) is 0 Å². The Kier molecular flexibility index (Phi) is 7.64. The smallest absolute Gasteiger partial charge is 0.279 e. The van der Waals surface area contributed by atoms with Crippen molar-refractivity contribution in [1.29, 1.82) is 0 Å². The van der Waals surface area contributed by atoms with Crippen LogP contribution >= 0.6 is 0 Å². The first-order chi connectivity index (χ1) is 14.1. The van der Waals surface area contributed by atoms with Gasteiger partial charge in [0.05, 0.1) is 18.3 Å². The second kappa shape index (κ2) is 10.6. The molecule has 2 aromatic carbocycles. The van der Waals surface area contributed by atoms with Crippen LogP contribution in [0.15, 0.2) is 54.6 Å². The molecule has 1 saturated carbocycles. The minimum absolute atomic E-state index is 0.121. The zero-order chi connectivity index (χ0) is 20.5. The number of benzene rings is 2. The third-order valence-electron chi connectivity index (χ3n) is 5.14. The summed E-state index contributed by atoms with van der Waals surface area (Å²) in [5.74, 6) is 0.583. The van der Waals surface area contributed by atoms with Crippen LogP contribution in [-0.2, 0) is 4.79 Å². The fourth-order valence-electron chi connectivity index (χ4n) is 3.54. The lowest BCUT2D eigenvalue weighted by Gasteiger charge is -2.17. The minimum atomic E-state index is -0.122. The molecule has 154 valence electrons. The quantitative estimate of drug-likeness (QED) is 0.606. The Bertz CT molecular complexity index is 804. The second-order valence-electron chi connectivity index (χ2n) is 7.59. The molecule has 0 heterocycles. The molecule has 29 heavy (non-hydrogen) atoms. The van der Waals surface area contributed by atoms with E-state index in [0.717, 1.165) is 36.3 Å². The van der Waals surface area contributed by atoms with Crippen LogP contribution in [0.4, 0.5) is 5.69 Å². The number of likely N-dealkylation sites (N-methyl/N-ethyl adjacent to an activating group) is 1. The van der Waals surface area contributed by atoms with Crippen LogP contribution in [0.3, 0.4) is 0 Å². The molecule has 1 fully saturated rings. The van der Waals surface area contributed by atoms with Gasteiger partial charge in [0.25, 0.3) is 11.8 Å². The summed E-state index contributed by atoms with van der Waals surface area (Å²) in [7, 11) is 1.95. The maximum Gasteiger partial charge on any atom is 0.279 e. The van der Waals surface area contributed by atoms with Crippen molar-refractivity contribution < 1.29 is 19.2 Å². The highest BCUT2D eigenvalue weighted by molar-refractivity contribution is 6.04. The zero-order valence-electron chi connectivity index (χ0n) is 16.9. The average Bonchev–Trinajstić information content (AvgIpc) is 3.22. The topological polar surface area (TPSA) is 71.9 Å². The summed E-state index contributed by atoms with van der Waals surface area (Å²) >= 11 is 0. The third-order valence-corrected chi connectivity index (χ3v) is 5.14. The number of para-hydroxylation sites is 2. The van der Waals surface area contributed by atoms with Crippen molar-refractivity contribution in [2.75, 3.05) is 32.1 Å². The molecule has 0 bridgehead atoms. The molecule has 6 nitrogen and oxygen atoms in total. The van der Waals surface area contributed by atoms with Crippen molar-refractivity contribution >= 4 is 17.5 Å². The fourth-order valence-corrected chi connectivity index (χ4v) is 3.54. The number of carbonyl (C=O) groups excluding carboxylic acids is 2. The predicted molar refractivity (Wildman–Crippen MR) is 113 cm³/mol. The summed E-state index contributed by atoms with van der Waals surface area (Å²) in [5, 5.41) is 5.97. The molecule has 1 unspecified atom stereocenters. The van der Waals surface area contributed by atoms with Gasteiger partial charge in [0.15, 0.2) is 6.54 Å². The van der Waals surface area contributed by atoms with E-state index in [4.69, 9.17) is 4.74 Å². The van der Waals surface area contributed by atoms with Gasteiger partial charge in [-0.3, -0.25) is 9.59 Å². The lowest BCUT2D eigenvalue weighted by molar-refractivity contribution is -0.871. The number of ether oxygens (including phenoxy) is 1. The Labute approximate surface area is 172 Å². The standard InChI is InChI=1S/C23H29N3O3/c1-26(15-16-29-19-11-3-2-4-12-19)17-22(27)25-21-14-8-7-13-20(21)23(28)24-18-9-5-6-10-18/h2-4,7-8,11-14,18H,5-6,9-10,15-17H2,1H3,(H,24,28)(H,25,27)/p+1. The Morgan fingerprint density at radius 2 is 1.72 bits per heavy atom. The number of carbonyl (C=O) groups is 2. The third kappa shape index (κ3) is 6.61. The maximum atomic E-state index is 12.6. The first-order valence-electron chi connectivity index (χ1n) is 10.3. The van der Waals surface area contributed by atoms with Gasteiger partial charge in [-0.1, -0.05) is 43.2 Å². The Balaban J connectivity index is 1.47. The molecule has 1 atom stereocenters. The van der Waals surface area contributed by atoms with E-state index in [9.17, 15) is 9.59 Å². The van der Waals surface area contributed by atoms with Gasteiger partial charge in [-0.05, 0) is 37.1 Å². The molecular weight excluding hydrogens is 366 g/mol. The molecule has 1 aliphatic carbocycles. The van der Waals surface area contributed by atoms with Gasteiger partial charge in [0.2, 0.25) is 0 Å². The van der Waals surface area contributed by atoms with Crippen molar-refractivity contribution in [2.45, 2.75) is 31.7 Å². The van der Waals surface area contributed by atoms with Crippen LogP contribution in [0.2, 0.25) is 0 Å². The van der Waals surface area contributed by atoms with Gasteiger partial charge in [-0.15, -0.1) is 0 Å². The van der Waals surface area contributed by atoms with E-state index in [1.54, 1.807) is 12.1 Å². The van der Waals surface area contributed by atoms with E-state index in [2.05, 4.69) is 10.6 Å². The molecule has 0 aromatic heterocycles. The van der Waals surface area contributed by atoms with E-state index < -0.39 is 0 Å². The lowest BCUT2D eigenvalue weighted by atomic mass is 10.1. The first kappa shape index (κ1) is 20.9. The first-order valence-corrected chi connectivity index (χ1v) is 10.3. The summed E-state index contributed by atoms with van der Waals surface area (Å²) in [5.41, 5.74) is 1.07. The molecule has 0 aliphatic heterocycles. The normalized spacial score (nSPS) is 14.9. The number of rotatable bonds is 9. The Morgan fingerprint density at radius 3 is 2.48 bits per heavy atom. The van der Waals surface area contributed by atoms with Gasteiger partial charge in [-0.25, -0.2) is 0 Å². The summed E-state index contributed by atoms with van der Waals surface area (Å²) in [6.45, 7) is 1.53. The van der Waals surface area contributed by atoms with Crippen molar-refractivity contribution in [1.82, 2.24) is 5.32 Å². The van der Waals surface area contributed by atoms with Crippen LogP contribution in [0, 0.1) is 0 Å². The largest absolute Gasteiger partial charge is 0.488 e. The summed E-state index contributed by atoms with van der Waals surface area (Å²) in [6.07, 6.45) is 4.37. The number of nitrogens with one attached hydrogen (secondary N) is 3. The molecule has 3 N–H and O–H groups in total. The molecular formula is C23H30N3O3+. The molecule has 2 aromatic rings. The van der Waals surface area contributed by atoms with Crippen LogP contribution in [0.1, 0.15) is 36.0 Å². The number of quaternary nitrogens is 1. The monoisotopic (exact) mass is 396 g/mol. The molecule has 3 rings (SSSR count). The SMILES string of the molecule is C[NH+](CCOc1ccccc1)CC(=O)Nc1ccccc1C(=O)NC1CCCC1. The Hall–Kier alpha value is -2.86. The van der Waals surface area contributed by atoms with Gasteiger partial charge in [-0.2, -0.15) is 0 Å². The fraction of sp³-hybridized carbons (Fsp3) is 0.391. The molecule has 1 aliphatic rings. The number of hydrogen-bond donors (Lipinski definition) is 3. The van der Waals surface area contributed by atoms with Crippen molar-refractivity contribution in [2.24, 2.45) is 0 Å². The summed E-state index contributed by atoms with van der Waals surface area (Å²) < 4.78 is 5.68. The molecule has 0 radical (unpaired) electrons. The van der Waals surface area contributed by atoms with Gasteiger partial charge in [0, 0.05) is 6.04 Å². The van der Waals surface area contributed by atoms with Crippen molar-refractivity contribution in [3.05, 3.63) is 60.2 Å². The zero-order valence-corrected chi connectivity index (χ0v) is 16.9. The minimum Gasteiger partial charge on any atom is -0.488 e. The number of anilines is 1. The van der Waals surface area contributed by atoms with E-state index in [0.29, 0.717) is 30.9 Å².